The first-order chi connectivity index (χ1) is 9.92. The number of benzene rings is 2. The van der Waals surface area contributed by atoms with Gasteiger partial charge in [-0.15, -0.1) is 0 Å². The summed E-state index contributed by atoms with van der Waals surface area (Å²) in [4.78, 5) is 12.2. The Balaban J connectivity index is 2.31. The van der Waals surface area contributed by atoms with E-state index in [2.05, 4.69) is 5.32 Å². The van der Waals surface area contributed by atoms with Gasteiger partial charge in [0.25, 0.3) is 5.91 Å². The zero-order valence-electron chi connectivity index (χ0n) is 10.5. The van der Waals surface area contributed by atoms with Gasteiger partial charge in [0, 0.05) is 11.4 Å². The Bertz CT molecular complexity index is 769. The third kappa shape index (κ3) is 3.40. The lowest BCUT2D eigenvalue weighted by atomic mass is 10.1. The maximum Gasteiger partial charge on any atom is 0.257 e. The molecule has 2 rings (SSSR count). The van der Waals surface area contributed by atoms with Crippen molar-refractivity contribution in [3.8, 4) is 6.07 Å². The van der Waals surface area contributed by atoms with Crippen LogP contribution in [-0.4, -0.2) is 5.91 Å². The van der Waals surface area contributed by atoms with Crippen LogP contribution in [0.4, 0.5) is 11.4 Å². The van der Waals surface area contributed by atoms with E-state index in [1.807, 2.05) is 6.07 Å². The molecule has 3 N–H and O–H groups in total. The fourth-order valence-corrected chi connectivity index (χ4v) is 2.30. The van der Waals surface area contributed by atoms with Crippen LogP contribution >= 0.6 is 34.8 Å². The van der Waals surface area contributed by atoms with E-state index in [9.17, 15) is 4.79 Å². The highest BCUT2D eigenvalue weighted by molar-refractivity contribution is 6.44. The number of halogens is 3. The number of nitrogens with one attached hydrogen (secondary N) is 1. The Labute approximate surface area is 136 Å². The first-order valence-electron chi connectivity index (χ1n) is 5.68. The number of carbonyl (C=O) groups excluding carboxylic acids is 1. The highest BCUT2D eigenvalue weighted by Gasteiger charge is 2.15. The number of anilines is 2. The zero-order valence-corrected chi connectivity index (χ0v) is 12.7. The largest absolute Gasteiger partial charge is 0.399 e. The van der Waals surface area contributed by atoms with Crippen molar-refractivity contribution >= 4 is 52.1 Å². The van der Waals surface area contributed by atoms with Gasteiger partial charge in [-0.3, -0.25) is 4.79 Å². The Morgan fingerprint density at radius 1 is 1.14 bits per heavy atom. The molecule has 7 heteroatoms. The lowest BCUT2D eigenvalue weighted by molar-refractivity contribution is 0.102. The van der Waals surface area contributed by atoms with Gasteiger partial charge >= 0.3 is 0 Å². The molecule has 0 bridgehead atoms. The normalized spacial score (nSPS) is 10.0. The van der Waals surface area contributed by atoms with Crippen LogP contribution in [0.15, 0.2) is 30.3 Å². The number of hydrogen-bond acceptors (Lipinski definition) is 3. The van der Waals surface area contributed by atoms with Gasteiger partial charge in [-0.2, -0.15) is 5.26 Å². The molecule has 1 amide bonds. The molecule has 0 spiro atoms. The van der Waals surface area contributed by atoms with Crippen LogP contribution in [0.2, 0.25) is 15.1 Å². The number of nitrogens with zero attached hydrogens (tertiary/aromatic N) is 1. The van der Waals surface area contributed by atoms with E-state index in [0.717, 1.165) is 0 Å². The molecule has 0 aliphatic carbocycles. The van der Waals surface area contributed by atoms with Crippen molar-refractivity contribution in [3.63, 3.8) is 0 Å². The van der Waals surface area contributed by atoms with E-state index < -0.39 is 5.91 Å². The van der Waals surface area contributed by atoms with E-state index in [4.69, 9.17) is 45.8 Å². The molecule has 4 nitrogen and oxygen atoms in total. The quantitative estimate of drug-likeness (QED) is 0.797. The van der Waals surface area contributed by atoms with Gasteiger partial charge in [0.15, 0.2) is 0 Å². The van der Waals surface area contributed by atoms with E-state index in [-0.39, 0.29) is 20.6 Å². The van der Waals surface area contributed by atoms with Crippen LogP contribution in [-0.2, 0) is 0 Å². The Hall–Kier alpha value is -1.93. The second-order valence-corrected chi connectivity index (χ2v) is 5.32. The maximum atomic E-state index is 12.2. The maximum absolute atomic E-state index is 12.2. The molecule has 0 fully saturated rings. The van der Waals surface area contributed by atoms with Crippen LogP contribution in [0.3, 0.4) is 0 Å². The van der Waals surface area contributed by atoms with Crippen molar-refractivity contribution in [3.05, 3.63) is 56.5 Å². The number of nitriles is 1. The first kappa shape index (κ1) is 15.5. The Morgan fingerprint density at radius 3 is 2.48 bits per heavy atom. The van der Waals surface area contributed by atoms with E-state index in [1.54, 1.807) is 6.07 Å². The molecule has 0 aliphatic rings. The van der Waals surface area contributed by atoms with E-state index in [0.29, 0.717) is 16.9 Å². The number of nitrogen functional groups attached to an aromatic ring is 1. The zero-order chi connectivity index (χ0) is 15.6. The average Bonchev–Trinajstić information content (AvgIpc) is 2.43. The molecule has 106 valence electrons. The minimum atomic E-state index is -0.477. The summed E-state index contributed by atoms with van der Waals surface area (Å²) >= 11 is 17.8. The summed E-state index contributed by atoms with van der Waals surface area (Å²) in [6.07, 6.45) is 0. The minimum absolute atomic E-state index is 0.114. The number of hydrogen-bond donors (Lipinski definition) is 2. The van der Waals surface area contributed by atoms with Crippen LogP contribution in [0.25, 0.3) is 0 Å². The van der Waals surface area contributed by atoms with E-state index in [1.165, 1.54) is 24.3 Å². The molecule has 0 saturated carbocycles. The van der Waals surface area contributed by atoms with Gasteiger partial charge in [-0.25, -0.2) is 0 Å². The van der Waals surface area contributed by atoms with Gasteiger partial charge in [0.2, 0.25) is 0 Å². The molecule has 0 aliphatic heterocycles. The van der Waals surface area contributed by atoms with Crippen molar-refractivity contribution in [2.45, 2.75) is 0 Å². The minimum Gasteiger partial charge on any atom is -0.399 e. The molecule has 0 heterocycles. The fraction of sp³-hybridized carbons (Fsp3) is 0. The topological polar surface area (TPSA) is 78.9 Å². The predicted octanol–water partition coefficient (Wildman–Crippen LogP) is 4.35. The third-order valence-electron chi connectivity index (χ3n) is 2.64. The number of rotatable bonds is 2. The molecule has 0 unspecified atom stereocenters. The molecule has 0 aromatic heterocycles. The lowest BCUT2D eigenvalue weighted by Crippen LogP contribution is -2.13. The first-order valence-corrected chi connectivity index (χ1v) is 6.81. The van der Waals surface area contributed by atoms with Gasteiger partial charge in [0.05, 0.1) is 26.2 Å². The van der Waals surface area contributed by atoms with Crippen LogP contribution in [0.5, 0.6) is 0 Å². The summed E-state index contributed by atoms with van der Waals surface area (Å²) < 4.78 is 0. The smallest absolute Gasteiger partial charge is 0.257 e. The van der Waals surface area contributed by atoms with Crippen molar-refractivity contribution < 1.29 is 4.79 Å². The molecule has 0 saturated heterocycles. The van der Waals surface area contributed by atoms with Gasteiger partial charge in [0.1, 0.15) is 6.07 Å². The molecule has 21 heavy (non-hydrogen) atoms. The summed E-state index contributed by atoms with van der Waals surface area (Å²) in [5.41, 5.74) is 6.87. The molecular weight excluding hydrogens is 333 g/mol. The molecular formula is C14H8Cl3N3O. The van der Waals surface area contributed by atoms with Crippen molar-refractivity contribution in [1.82, 2.24) is 0 Å². The highest BCUT2D eigenvalue weighted by Crippen LogP contribution is 2.29. The van der Waals surface area contributed by atoms with Gasteiger partial charge in [-0.1, -0.05) is 34.8 Å². The van der Waals surface area contributed by atoms with Crippen molar-refractivity contribution in [1.29, 1.82) is 5.26 Å². The Kier molecular flexibility index (Phi) is 4.59. The van der Waals surface area contributed by atoms with Crippen LogP contribution < -0.4 is 11.1 Å². The highest BCUT2D eigenvalue weighted by atomic mass is 35.5. The summed E-state index contributed by atoms with van der Waals surface area (Å²) in [6.45, 7) is 0. The average molecular weight is 341 g/mol. The van der Waals surface area contributed by atoms with Crippen LogP contribution in [0, 0.1) is 11.3 Å². The van der Waals surface area contributed by atoms with Gasteiger partial charge in [-0.05, 0) is 30.3 Å². The van der Waals surface area contributed by atoms with Crippen LogP contribution in [0.1, 0.15) is 15.9 Å². The molecule has 2 aromatic rings. The molecule has 2 aromatic carbocycles. The number of amides is 1. The van der Waals surface area contributed by atoms with E-state index >= 15 is 0 Å². The number of carbonyl (C=O) groups is 1. The molecule has 0 atom stereocenters. The number of nitrogens with two attached hydrogens (primary N) is 1. The lowest BCUT2D eigenvalue weighted by Gasteiger charge is -2.09. The monoisotopic (exact) mass is 339 g/mol. The van der Waals surface area contributed by atoms with Crippen molar-refractivity contribution in [2.75, 3.05) is 11.1 Å². The van der Waals surface area contributed by atoms with Crippen molar-refractivity contribution in [2.24, 2.45) is 0 Å². The predicted molar refractivity (Wildman–Crippen MR) is 85.0 cm³/mol. The summed E-state index contributed by atoms with van der Waals surface area (Å²) in [6, 6.07) is 9.35. The third-order valence-corrected chi connectivity index (χ3v) is 3.76. The SMILES string of the molecule is N#Cc1ccc(NC(=O)c2cc(N)cc(Cl)c2Cl)cc1Cl. The standard InChI is InChI=1S/C14H8Cl3N3O/c15-11-5-9(2-1-7(11)6-18)20-14(21)10-3-8(19)4-12(16)13(10)17/h1-5H,19H2,(H,20,21). The second-order valence-electron chi connectivity index (χ2n) is 4.12. The Morgan fingerprint density at radius 2 is 1.86 bits per heavy atom. The summed E-state index contributed by atoms with van der Waals surface area (Å²) in [5, 5.41) is 12.0. The van der Waals surface area contributed by atoms with Gasteiger partial charge < -0.3 is 11.1 Å². The summed E-state index contributed by atoms with van der Waals surface area (Å²) in [7, 11) is 0. The second kappa shape index (κ2) is 6.23. The molecule has 0 radical (unpaired) electrons. The summed E-state index contributed by atoms with van der Waals surface area (Å²) in [5.74, 6) is -0.477. The fourth-order valence-electron chi connectivity index (χ4n) is 1.66.